The van der Waals surface area contributed by atoms with E-state index < -0.39 is 0 Å². The lowest BCUT2D eigenvalue weighted by Crippen LogP contribution is -2.31. The number of hydrogen-bond acceptors (Lipinski definition) is 4. The second-order valence-corrected chi connectivity index (χ2v) is 7.75. The van der Waals surface area contributed by atoms with Crippen molar-refractivity contribution < 1.29 is 9.47 Å². The molecule has 0 spiro atoms. The van der Waals surface area contributed by atoms with Crippen LogP contribution < -0.4 is 20.5 Å². The van der Waals surface area contributed by atoms with Crippen molar-refractivity contribution in [2.45, 2.75) is 45.3 Å². The fourth-order valence-corrected chi connectivity index (χ4v) is 3.72. The smallest absolute Gasteiger partial charge is 0.189 e. The number of hydrogen-bond donors (Lipinski definition) is 2. The van der Waals surface area contributed by atoms with Gasteiger partial charge in [-0.05, 0) is 54.8 Å². The third-order valence-corrected chi connectivity index (χ3v) is 5.48. The molecule has 30 heavy (non-hydrogen) atoms. The van der Waals surface area contributed by atoms with E-state index >= 15 is 0 Å². The Morgan fingerprint density at radius 2 is 1.53 bits per heavy atom. The number of rotatable bonds is 8. The maximum absolute atomic E-state index is 6.04. The van der Waals surface area contributed by atoms with E-state index in [9.17, 15) is 0 Å². The average molecular weight is 411 g/mol. The van der Waals surface area contributed by atoms with Crippen LogP contribution in [0.5, 0.6) is 11.5 Å². The highest BCUT2D eigenvalue weighted by molar-refractivity contribution is 5.77. The standard InChI is InChI=1S/C24H34N4O2/c1-29-22-12-11-21(15-23(22)30-2)17-27-24(25)26-16-19-7-9-20(10-8-19)18-28-13-5-3-4-6-14-28/h7-12,15H,3-6,13-14,16-18H2,1-2H3,(H3,25,26,27). The van der Waals surface area contributed by atoms with Crippen LogP contribution in [0.3, 0.4) is 0 Å². The molecular formula is C24H34N4O2. The zero-order chi connectivity index (χ0) is 21.2. The van der Waals surface area contributed by atoms with Gasteiger partial charge >= 0.3 is 0 Å². The summed E-state index contributed by atoms with van der Waals surface area (Å²) < 4.78 is 10.6. The van der Waals surface area contributed by atoms with Crippen molar-refractivity contribution in [1.82, 2.24) is 10.2 Å². The van der Waals surface area contributed by atoms with Gasteiger partial charge in [-0.3, -0.25) is 4.90 Å². The molecule has 3 N–H and O–H groups in total. The van der Waals surface area contributed by atoms with Gasteiger partial charge in [0.15, 0.2) is 17.5 Å². The molecule has 0 saturated carbocycles. The molecule has 6 nitrogen and oxygen atoms in total. The number of benzene rings is 2. The van der Waals surface area contributed by atoms with Gasteiger partial charge in [0.1, 0.15) is 0 Å². The van der Waals surface area contributed by atoms with E-state index in [1.54, 1.807) is 14.2 Å². The molecule has 1 aliphatic heterocycles. The van der Waals surface area contributed by atoms with Crippen LogP contribution in [0.2, 0.25) is 0 Å². The van der Waals surface area contributed by atoms with Gasteiger partial charge in [0.2, 0.25) is 0 Å². The van der Waals surface area contributed by atoms with Gasteiger partial charge in [0.05, 0.1) is 20.8 Å². The predicted octanol–water partition coefficient (Wildman–Crippen LogP) is 3.68. The van der Waals surface area contributed by atoms with Crippen LogP contribution in [0, 0.1) is 0 Å². The molecule has 0 amide bonds. The number of nitrogens with one attached hydrogen (secondary N) is 1. The van der Waals surface area contributed by atoms with E-state index in [2.05, 4.69) is 39.5 Å². The predicted molar refractivity (Wildman–Crippen MR) is 122 cm³/mol. The molecule has 1 saturated heterocycles. The molecule has 1 heterocycles. The summed E-state index contributed by atoms with van der Waals surface area (Å²) in [6.45, 7) is 4.62. The number of nitrogens with two attached hydrogens (primary N) is 1. The van der Waals surface area contributed by atoms with Crippen molar-refractivity contribution in [2.24, 2.45) is 10.7 Å². The third-order valence-electron chi connectivity index (χ3n) is 5.48. The Labute approximate surface area is 180 Å². The molecule has 1 fully saturated rings. The van der Waals surface area contributed by atoms with Gasteiger partial charge in [-0.15, -0.1) is 0 Å². The molecule has 162 valence electrons. The molecule has 1 aliphatic rings. The Hall–Kier alpha value is -2.73. The van der Waals surface area contributed by atoms with Crippen LogP contribution in [0.1, 0.15) is 42.4 Å². The molecule has 0 bridgehead atoms. The highest BCUT2D eigenvalue weighted by Gasteiger charge is 2.09. The average Bonchev–Trinajstić information content (AvgIpc) is 3.05. The minimum Gasteiger partial charge on any atom is -0.493 e. The molecule has 6 heteroatoms. The molecular weight excluding hydrogens is 376 g/mol. The van der Waals surface area contributed by atoms with E-state index in [1.807, 2.05) is 18.2 Å². The van der Waals surface area contributed by atoms with Gasteiger partial charge in [-0.2, -0.15) is 0 Å². The van der Waals surface area contributed by atoms with E-state index in [0.29, 0.717) is 30.5 Å². The van der Waals surface area contributed by atoms with Crippen LogP contribution >= 0.6 is 0 Å². The highest BCUT2D eigenvalue weighted by atomic mass is 16.5. The first-order chi connectivity index (χ1) is 14.7. The first-order valence-corrected chi connectivity index (χ1v) is 10.7. The number of ether oxygens (including phenoxy) is 2. The Morgan fingerprint density at radius 3 is 2.20 bits per heavy atom. The Bertz CT molecular complexity index is 812. The highest BCUT2D eigenvalue weighted by Crippen LogP contribution is 2.27. The lowest BCUT2D eigenvalue weighted by Gasteiger charge is -2.19. The van der Waals surface area contributed by atoms with Gasteiger partial charge in [0.25, 0.3) is 0 Å². The van der Waals surface area contributed by atoms with Crippen molar-refractivity contribution >= 4 is 5.96 Å². The molecule has 0 radical (unpaired) electrons. The van der Waals surface area contributed by atoms with Gasteiger partial charge < -0.3 is 20.5 Å². The van der Waals surface area contributed by atoms with Gasteiger partial charge in [-0.1, -0.05) is 43.2 Å². The van der Waals surface area contributed by atoms with Gasteiger partial charge in [-0.25, -0.2) is 4.99 Å². The van der Waals surface area contributed by atoms with E-state index in [-0.39, 0.29) is 0 Å². The summed E-state index contributed by atoms with van der Waals surface area (Å²) >= 11 is 0. The van der Waals surface area contributed by atoms with Crippen LogP contribution in [0.25, 0.3) is 0 Å². The van der Waals surface area contributed by atoms with Crippen LogP contribution in [0.4, 0.5) is 0 Å². The zero-order valence-corrected chi connectivity index (χ0v) is 18.2. The molecule has 3 rings (SSSR count). The minimum absolute atomic E-state index is 0.429. The van der Waals surface area contributed by atoms with E-state index in [0.717, 1.165) is 12.1 Å². The summed E-state index contributed by atoms with van der Waals surface area (Å²) in [5.74, 6) is 1.83. The lowest BCUT2D eigenvalue weighted by atomic mass is 10.1. The summed E-state index contributed by atoms with van der Waals surface area (Å²) in [5.41, 5.74) is 9.61. The normalized spacial score (nSPS) is 15.5. The molecule has 0 unspecified atom stereocenters. The molecule has 2 aromatic rings. The quantitative estimate of drug-likeness (QED) is 0.513. The van der Waals surface area contributed by atoms with Crippen molar-refractivity contribution in [3.05, 3.63) is 59.2 Å². The largest absolute Gasteiger partial charge is 0.493 e. The van der Waals surface area contributed by atoms with E-state index in [4.69, 9.17) is 15.2 Å². The van der Waals surface area contributed by atoms with Crippen LogP contribution in [-0.2, 0) is 19.6 Å². The summed E-state index contributed by atoms with van der Waals surface area (Å²) in [6, 6.07) is 14.5. The van der Waals surface area contributed by atoms with Crippen molar-refractivity contribution in [3.8, 4) is 11.5 Å². The topological polar surface area (TPSA) is 72.1 Å². The van der Waals surface area contributed by atoms with Gasteiger partial charge in [0, 0.05) is 13.1 Å². The molecule has 0 aliphatic carbocycles. The maximum atomic E-state index is 6.04. The second kappa shape index (κ2) is 11.5. The fourth-order valence-electron chi connectivity index (χ4n) is 3.72. The van der Waals surface area contributed by atoms with Crippen LogP contribution in [0.15, 0.2) is 47.5 Å². The van der Waals surface area contributed by atoms with E-state index in [1.165, 1.54) is 49.9 Å². The zero-order valence-electron chi connectivity index (χ0n) is 18.2. The van der Waals surface area contributed by atoms with Crippen molar-refractivity contribution in [3.63, 3.8) is 0 Å². The monoisotopic (exact) mass is 410 g/mol. The summed E-state index contributed by atoms with van der Waals surface area (Å²) in [5, 5.41) is 3.19. The Kier molecular flexibility index (Phi) is 8.39. The SMILES string of the molecule is COc1ccc(CN=C(N)NCc2ccc(CN3CCCCCC3)cc2)cc1OC. The second-order valence-electron chi connectivity index (χ2n) is 7.75. The number of guanidine groups is 1. The molecule has 0 atom stereocenters. The minimum atomic E-state index is 0.429. The first kappa shape index (κ1) is 22.0. The number of methoxy groups -OCH3 is 2. The number of aliphatic imine (C=N–C) groups is 1. The van der Waals surface area contributed by atoms with Crippen LogP contribution in [-0.4, -0.2) is 38.2 Å². The molecule has 2 aromatic carbocycles. The summed E-state index contributed by atoms with van der Waals surface area (Å²) in [7, 11) is 3.25. The van der Waals surface area contributed by atoms with Crippen molar-refractivity contribution in [2.75, 3.05) is 27.3 Å². The third kappa shape index (κ3) is 6.66. The Morgan fingerprint density at radius 1 is 0.900 bits per heavy atom. The maximum Gasteiger partial charge on any atom is 0.189 e. The summed E-state index contributed by atoms with van der Waals surface area (Å²) in [4.78, 5) is 6.99. The number of likely N-dealkylation sites (tertiary alicyclic amines) is 1. The van der Waals surface area contributed by atoms with Crippen molar-refractivity contribution in [1.29, 1.82) is 0 Å². The lowest BCUT2D eigenvalue weighted by molar-refractivity contribution is 0.277. The molecule has 0 aromatic heterocycles. The summed E-state index contributed by atoms with van der Waals surface area (Å²) in [6.07, 6.45) is 5.39. The Balaban J connectivity index is 1.47. The number of nitrogens with zero attached hydrogens (tertiary/aromatic N) is 2. The fraction of sp³-hybridized carbons (Fsp3) is 0.458. The first-order valence-electron chi connectivity index (χ1n) is 10.7.